The summed E-state index contributed by atoms with van der Waals surface area (Å²) in [5.74, 6) is -2.35. The average molecular weight is 459 g/mol. The van der Waals surface area contributed by atoms with Gasteiger partial charge in [-0.15, -0.1) is 0 Å². The van der Waals surface area contributed by atoms with E-state index in [4.69, 9.17) is 25.8 Å². The van der Waals surface area contributed by atoms with E-state index in [0.717, 1.165) is 0 Å². The third-order valence-electron chi connectivity index (χ3n) is 4.56. The summed E-state index contributed by atoms with van der Waals surface area (Å²) < 4.78 is 15.1. The van der Waals surface area contributed by atoms with Gasteiger partial charge in [0.25, 0.3) is 0 Å². The van der Waals surface area contributed by atoms with Gasteiger partial charge in [-0.25, -0.2) is 14.4 Å². The Morgan fingerprint density at radius 1 is 1.09 bits per heavy atom. The van der Waals surface area contributed by atoms with Crippen molar-refractivity contribution in [2.24, 2.45) is 0 Å². The van der Waals surface area contributed by atoms with Crippen LogP contribution < -0.4 is 10.1 Å². The normalized spacial score (nSPS) is 10.5. The number of hydrogen-bond acceptors (Lipinski definition) is 8. The van der Waals surface area contributed by atoms with E-state index in [1.807, 2.05) is 0 Å². The molecule has 166 valence electrons. The fraction of sp³-hybridized carbons (Fsp3) is 0.182. The molecule has 10 heteroatoms. The Morgan fingerprint density at radius 3 is 2.47 bits per heavy atom. The predicted molar refractivity (Wildman–Crippen MR) is 117 cm³/mol. The molecule has 3 aromatic rings. The summed E-state index contributed by atoms with van der Waals surface area (Å²) in [4.78, 5) is 40.4. The molecule has 0 amide bonds. The maximum absolute atomic E-state index is 12.6. The van der Waals surface area contributed by atoms with Gasteiger partial charge in [-0.05, 0) is 31.2 Å². The van der Waals surface area contributed by atoms with Crippen molar-refractivity contribution in [1.82, 2.24) is 4.98 Å². The molecule has 0 aliphatic rings. The van der Waals surface area contributed by atoms with Gasteiger partial charge >= 0.3 is 17.9 Å². The number of nitrogens with one attached hydrogen (secondary N) is 1. The molecule has 2 aromatic carbocycles. The Hall–Kier alpha value is -3.85. The third kappa shape index (κ3) is 4.42. The zero-order valence-corrected chi connectivity index (χ0v) is 18.1. The number of carbonyl (C=O) groups is 3. The van der Waals surface area contributed by atoms with E-state index in [-0.39, 0.29) is 45.4 Å². The standard InChI is InChI=1S/C22H19ClN2O7/c1-4-32-22(29)14-10-24-16-6-5-11(21(28)31-3)7-12(16)19(14)25-17-9-18(30-2)13(20(26)27)8-15(17)23/h5-10H,4H2,1-3H3,(H,24,25)(H,26,27). The Labute approximate surface area is 187 Å². The molecule has 1 aromatic heterocycles. The number of rotatable bonds is 7. The molecule has 0 fully saturated rings. The Bertz CT molecular complexity index is 1230. The summed E-state index contributed by atoms with van der Waals surface area (Å²) in [6.07, 6.45) is 1.34. The highest BCUT2D eigenvalue weighted by Crippen LogP contribution is 2.36. The number of methoxy groups -OCH3 is 2. The van der Waals surface area contributed by atoms with Crippen molar-refractivity contribution in [3.05, 3.63) is 58.2 Å². The first-order chi connectivity index (χ1) is 15.3. The highest BCUT2D eigenvalue weighted by molar-refractivity contribution is 6.34. The van der Waals surface area contributed by atoms with Gasteiger partial charge in [0.05, 0.1) is 48.3 Å². The molecule has 0 unspecified atom stereocenters. The molecule has 0 saturated heterocycles. The van der Waals surface area contributed by atoms with Crippen molar-refractivity contribution in [2.45, 2.75) is 6.92 Å². The lowest BCUT2D eigenvalue weighted by Gasteiger charge is -2.17. The predicted octanol–water partition coefficient (Wildman–Crippen LogP) is 4.30. The molecule has 3 rings (SSSR count). The molecule has 0 aliphatic carbocycles. The number of benzene rings is 2. The van der Waals surface area contributed by atoms with Crippen LogP contribution in [0, 0.1) is 0 Å². The molecule has 0 bridgehead atoms. The second-order valence-electron chi connectivity index (χ2n) is 6.45. The minimum Gasteiger partial charge on any atom is -0.496 e. The van der Waals surface area contributed by atoms with E-state index in [9.17, 15) is 19.5 Å². The largest absolute Gasteiger partial charge is 0.496 e. The molecular weight excluding hydrogens is 440 g/mol. The van der Waals surface area contributed by atoms with E-state index in [2.05, 4.69) is 10.3 Å². The first-order valence-corrected chi connectivity index (χ1v) is 9.74. The number of carbonyl (C=O) groups excluding carboxylic acids is 2. The summed E-state index contributed by atoms with van der Waals surface area (Å²) in [5.41, 5.74) is 1.25. The van der Waals surface area contributed by atoms with Gasteiger partial charge in [0, 0.05) is 17.6 Å². The van der Waals surface area contributed by atoms with E-state index in [0.29, 0.717) is 10.9 Å². The second-order valence-corrected chi connectivity index (χ2v) is 6.86. The summed E-state index contributed by atoms with van der Waals surface area (Å²) in [7, 11) is 2.59. The number of carboxylic acid groups (broad SMARTS) is 1. The number of ether oxygens (including phenoxy) is 3. The van der Waals surface area contributed by atoms with Crippen LogP contribution in [0.25, 0.3) is 10.9 Å². The van der Waals surface area contributed by atoms with Crippen LogP contribution in [0.15, 0.2) is 36.5 Å². The SMILES string of the molecule is CCOC(=O)c1cnc2ccc(C(=O)OC)cc2c1Nc1cc(OC)c(C(=O)O)cc1Cl. The highest BCUT2D eigenvalue weighted by Gasteiger charge is 2.21. The highest BCUT2D eigenvalue weighted by atomic mass is 35.5. The number of aromatic nitrogens is 1. The van der Waals surface area contributed by atoms with Crippen molar-refractivity contribution >= 4 is 51.8 Å². The van der Waals surface area contributed by atoms with Crippen LogP contribution in [-0.4, -0.2) is 48.8 Å². The smallest absolute Gasteiger partial charge is 0.341 e. The van der Waals surface area contributed by atoms with Crippen molar-refractivity contribution in [3.63, 3.8) is 0 Å². The van der Waals surface area contributed by atoms with Crippen LogP contribution in [0.1, 0.15) is 38.0 Å². The van der Waals surface area contributed by atoms with Crippen LogP contribution in [-0.2, 0) is 9.47 Å². The van der Waals surface area contributed by atoms with Gasteiger partial charge in [-0.1, -0.05) is 11.6 Å². The molecule has 0 atom stereocenters. The first kappa shape index (κ1) is 22.8. The lowest BCUT2D eigenvalue weighted by Crippen LogP contribution is -2.10. The van der Waals surface area contributed by atoms with Crippen LogP contribution in [0.4, 0.5) is 11.4 Å². The molecule has 0 saturated carbocycles. The van der Waals surface area contributed by atoms with Gasteiger partial charge in [0.15, 0.2) is 0 Å². The van der Waals surface area contributed by atoms with E-state index < -0.39 is 17.9 Å². The number of nitrogens with zero attached hydrogens (tertiary/aromatic N) is 1. The lowest BCUT2D eigenvalue weighted by atomic mass is 10.1. The fourth-order valence-electron chi connectivity index (χ4n) is 3.06. The minimum absolute atomic E-state index is 0.0655. The van der Waals surface area contributed by atoms with Crippen LogP contribution in [0.3, 0.4) is 0 Å². The molecule has 0 aliphatic heterocycles. The number of hydrogen-bond donors (Lipinski definition) is 2. The lowest BCUT2D eigenvalue weighted by molar-refractivity contribution is 0.0526. The quantitative estimate of drug-likeness (QED) is 0.498. The molecule has 1 heterocycles. The third-order valence-corrected chi connectivity index (χ3v) is 4.88. The van der Waals surface area contributed by atoms with Crippen LogP contribution >= 0.6 is 11.6 Å². The molecule has 0 spiro atoms. The zero-order valence-electron chi connectivity index (χ0n) is 17.4. The van der Waals surface area contributed by atoms with Gasteiger partial charge < -0.3 is 24.6 Å². The van der Waals surface area contributed by atoms with Crippen LogP contribution in [0.2, 0.25) is 5.02 Å². The van der Waals surface area contributed by atoms with Crippen molar-refractivity contribution in [1.29, 1.82) is 0 Å². The summed E-state index contributed by atoms with van der Waals surface area (Å²) in [5, 5.41) is 12.9. The number of carboxylic acids is 1. The molecule has 0 radical (unpaired) electrons. The van der Waals surface area contributed by atoms with Gasteiger partial charge in [-0.2, -0.15) is 0 Å². The van der Waals surface area contributed by atoms with Gasteiger partial charge in [-0.3, -0.25) is 4.98 Å². The minimum atomic E-state index is -1.21. The number of fused-ring (bicyclic) bond motifs is 1. The summed E-state index contributed by atoms with van der Waals surface area (Å²) in [6, 6.07) is 7.32. The Balaban J connectivity index is 2.24. The average Bonchev–Trinajstić information content (AvgIpc) is 2.79. The first-order valence-electron chi connectivity index (χ1n) is 9.36. The summed E-state index contributed by atoms with van der Waals surface area (Å²) in [6.45, 7) is 1.81. The molecule has 9 nitrogen and oxygen atoms in total. The number of pyridine rings is 1. The maximum Gasteiger partial charge on any atom is 0.341 e. The van der Waals surface area contributed by atoms with Crippen LogP contribution in [0.5, 0.6) is 5.75 Å². The monoisotopic (exact) mass is 458 g/mol. The zero-order chi connectivity index (χ0) is 23.4. The van der Waals surface area contributed by atoms with Gasteiger partial charge in [0.1, 0.15) is 16.9 Å². The Morgan fingerprint density at radius 2 is 1.84 bits per heavy atom. The van der Waals surface area contributed by atoms with E-state index in [1.165, 1.54) is 38.6 Å². The van der Waals surface area contributed by atoms with Gasteiger partial charge in [0.2, 0.25) is 0 Å². The number of esters is 2. The topological polar surface area (TPSA) is 124 Å². The Kier molecular flexibility index (Phi) is 6.79. The number of aromatic carboxylic acids is 1. The molecular formula is C22H19ClN2O7. The fourth-order valence-corrected chi connectivity index (χ4v) is 3.27. The number of halogens is 1. The van der Waals surface area contributed by atoms with Crippen molar-refractivity contribution < 1.29 is 33.7 Å². The van der Waals surface area contributed by atoms with E-state index in [1.54, 1.807) is 19.1 Å². The molecule has 32 heavy (non-hydrogen) atoms. The van der Waals surface area contributed by atoms with E-state index >= 15 is 0 Å². The van der Waals surface area contributed by atoms with Crippen molar-refractivity contribution in [3.8, 4) is 5.75 Å². The van der Waals surface area contributed by atoms with Crippen molar-refractivity contribution in [2.75, 3.05) is 26.1 Å². The molecule has 2 N–H and O–H groups in total. The maximum atomic E-state index is 12.6. The number of anilines is 2. The summed E-state index contributed by atoms with van der Waals surface area (Å²) >= 11 is 6.31. The second kappa shape index (κ2) is 9.52.